The topological polar surface area (TPSA) is 65.1 Å². The summed E-state index contributed by atoms with van der Waals surface area (Å²) in [5.74, 6) is 1.00. The van der Waals surface area contributed by atoms with Crippen LogP contribution in [0, 0.1) is 0 Å². The monoisotopic (exact) mass is 343 g/mol. The maximum Gasteiger partial charge on any atom is 0.243 e. The van der Waals surface area contributed by atoms with Gasteiger partial charge in [0.1, 0.15) is 0 Å². The van der Waals surface area contributed by atoms with Gasteiger partial charge in [0.05, 0.1) is 30.3 Å². The third-order valence-corrected chi connectivity index (χ3v) is 5.37. The van der Waals surface area contributed by atoms with Gasteiger partial charge in [0.25, 0.3) is 0 Å². The first-order chi connectivity index (χ1) is 10.9. The smallest absolute Gasteiger partial charge is 0.243 e. The molecular weight excluding hydrogens is 318 g/mol. The Labute approximate surface area is 138 Å². The summed E-state index contributed by atoms with van der Waals surface area (Å²) in [7, 11) is -3.58. The Hall–Kier alpha value is -1.31. The van der Waals surface area contributed by atoms with Gasteiger partial charge in [-0.1, -0.05) is 0 Å². The molecule has 0 radical (unpaired) electrons. The zero-order valence-electron chi connectivity index (χ0n) is 14.1. The van der Waals surface area contributed by atoms with Crippen molar-refractivity contribution >= 4 is 10.0 Å². The van der Waals surface area contributed by atoms with Crippen LogP contribution >= 0.6 is 0 Å². The number of morpholine rings is 1. The predicted molar refractivity (Wildman–Crippen MR) is 87.5 cm³/mol. The van der Waals surface area contributed by atoms with Crippen LogP contribution in [0.4, 0.5) is 0 Å². The van der Waals surface area contributed by atoms with E-state index in [0.717, 1.165) is 0 Å². The Balaban J connectivity index is 2.33. The lowest BCUT2D eigenvalue weighted by atomic mass is 10.3. The van der Waals surface area contributed by atoms with Gasteiger partial charge in [-0.3, -0.25) is 0 Å². The molecule has 2 atom stereocenters. The highest BCUT2D eigenvalue weighted by Crippen LogP contribution is 2.32. The molecular formula is C16H25NO5S. The number of rotatable bonds is 6. The molecule has 7 heteroatoms. The maximum absolute atomic E-state index is 12.9. The number of benzene rings is 1. The maximum atomic E-state index is 12.9. The van der Waals surface area contributed by atoms with Crippen LogP contribution < -0.4 is 9.47 Å². The number of hydrogen-bond acceptors (Lipinski definition) is 5. The van der Waals surface area contributed by atoms with Crippen LogP contribution in [0.15, 0.2) is 23.1 Å². The molecule has 1 aromatic rings. The molecule has 130 valence electrons. The summed E-state index contributed by atoms with van der Waals surface area (Å²) in [6.45, 7) is 9.11. The fourth-order valence-corrected chi connectivity index (χ4v) is 4.27. The average molecular weight is 343 g/mol. The summed E-state index contributed by atoms with van der Waals surface area (Å²) >= 11 is 0. The zero-order chi connectivity index (χ0) is 17.0. The van der Waals surface area contributed by atoms with Crippen molar-refractivity contribution < 1.29 is 22.6 Å². The van der Waals surface area contributed by atoms with Crippen molar-refractivity contribution in [2.45, 2.75) is 44.8 Å². The number of nitrogens with zero attached hydrogens (tertiary/aromatic N) is 1. The molecule has 1 aliphatic rings. The van der Waals surface area contributed by atoms with Crippen molar-refractivity contribution in [1.82, 2.24) is 4.31 Å². The second-order valence-corrected chi connectivity index (χ2v) is 7.49. The lowest BCUT2D eigenvalue weighted by Crippen LogP contribution is -2.48. The molecule has 0 bridgehead atoms. The van der Waals surface area contributed by atoms with E-state index in [9.17, 15) is 8.42 Å². The molecule has 0 amide bonds. The van der Waals surface area contributed by atoms with Gasteiger partial charge in [0, 0.05) is 19.2 Å². The summed E-state index contributed by atoms with van der Waals surface area (Å²) in [5.41, 5.74) is 0. The van der Waals surface area contributed by atoms with E-state index < -0.39 is 10.0 Å². The molecule has 1 aliphatic heterocycles. The van der Waals surface area contributed by atoms with E-state index in [1.54, 1.807) is 12.1 Å². The SMILES string of the molecule is CCOc1ccc(S(=O)(=O)N2CC(C)OC(C)C2)cc1OCC. The summed E-state index contributed by atoms with van der Waals surface area (Å²) < 4.78 is 43.8. The van der Waals surface area contributed by atoms with Crippen LogP contribution in [-0.4, -0.2) is 51.2 Å². The van der Waals surface area contributed by atoms with Crippen LogP contribution in [0.3, 0.4) is 0 Å². The predicted octanol–water partition coefficient (Wildman–Crippen LogP) is 2.28. The van der Waals surface area contributed by atoms with Crippen molar-refractivity contribution in [3.8, 4) is 11.5 Å². The molecule has 0 aliphatic carbocycles. The summed E-state index contributed by atoms with van der Waals surface area (Å²) in [6.07, 6.45) is -0.245. The quantitative estimate of drug-likeness (QED) is 0.793. The fraction of sp³-hybridized carbons (Fsp3) is 0.625. The van der Waals surface area contributed by atoms with E-state index in [1.807, 2.05) is 27.7 Å². The lowest BCUT2D eigenvalue weighted by molar-refractivity contribution is -0.0440. The van der Waals surface area contributed by atoms with Crippen molar-refractivity contribution in [2.24, 2.45) is 0 Å². The Kier molecular flexibility index (Phi) is 5.89. The average Bonchev–Trinajstić information content (AvgIpc) is 2.48. The Morgan fingerprint density at radius 2 is 1.65 bits per heavy atom. The van der Waals surface area contributed by atoms with Gasteiger partial charge in [-0.05, 0) is 39.8 Å². The van der Waals surface area contributed by atoms with E-state index in [-0.39, 0.29) is 17.1 Å². The molecule has 0 saturated carbocycles. The lowest BCUT2D eigenvalue weighted by Gasteiger charge is -2.34. The Morgan fingerprint density at radius 1 is 1.09 bits per heavy atom. The first-order valence-electron chi connectivity index (χ1n) is 7.93. The number of sulfonamides is 1. The fourth-order valence-electron chi connectivity index (χ4n) is 2.67. The van der Waals surface area contributed by atoms with Crippen LogP contribution in [0.1, 0.15) is 27.7 Å². The third kappa shape index (κ3) is 4.16. The van der Waals surface area contributed by atoms with E-state index in [4.69, 9.17) is 14.2 Å². The van der Waals surface area contributed by atoms with E-state index in [1.165, 1.54) is 10.4 Å². The standard InChI is InChI=1S/C16H25NO5S/c1-5-20-15-8-7-14(9-16(15)21-6-2)23(18,19)17-10-12(3)22-13(4)11-17/h7-9,12-13H,5-6,10-11H2,1-4H3. The van der Waals surface area contributed by atoms with Gasteiger partial charge in [-0.25, -0.2) is 8.42 Å². The molecule has 0 N–H and O–H groups in total. The Bertz CT molecular complexity index is 621. The molecule has 1 heterocycles. The second kappa shape index (κ2) is 7.51. The molecule has 6 nitrogen and oxygen atoms in total. The number of ether oxygens (including phenoxy) is 3. The van der Waals surface area contributed by atoms with Crippen LogP contribution in [0.2, 0.25) is 0 Å². The molecule has 1 aromatic carbocycles. The summed E-state index contributed by atoms with van der Waals surface area (Å²) in [5, 5.41) is 0. The Morgan fingerprint density at radius 3 is 2.22 bits per heavy atom. The highest BCUT2D eigenvalue weighted by molar-refractivity contribution is 7.89. The normalized spacial score (nSPS) is 22.8. The minimum atomic E-state index is -3.58. The van der Waals surface area contributed by atoms with Gasteiger partial charge in [-0.2, -0.15) is 4.31 Å². The third-order valence-electron chi connectivity index (χ3n) is 3.54. The van der Waals surface area contributed by atoms with Gasteiger partial charge >= 0.3 is 0 Å². The van der Waals surface area contributed by atoms with E-state index >= 15 is 0 Å². The van der Waals surface area contributed by atoms with Crippen LogP contribution in [0.25, 0.3) is 0 Å². The molecule has 1 saturated heterocycles. The van der Waals surface area contributed by atoms with Crippen LogP contribution in [0.5, 0.6) is 11.5 Å². The largest absolute Gasteiger partial charge is 0.490 e. The first-order valence-corrected chi connectivity index (χ1v) is 9.37. The summed E-state index contributed by atoms with van der Waals surface area (Å²) in [4.78, 5) is 0.214. The van der Waals surface area contributed by atoms with Gasteiger partial charge in [-0.15, -0.1) is 0 Å². The summed E-state index contributed by atoms with van der Waals surface area (Å²) in [6, 6.07) is 4.75. The van der Waals surface area contributed by atoms with Crippen molar-refractivity contribution in [1.29, 1.82) is 0 Å². The van der Waals surface area contributed by atoms with Crippen molar-refractivity contribution in [3.05, 3.63) is 18.2 Å². The zero-order valence-corrected chi connectivity index (χ0v) is 14.9. The van der Waals surface area contributed by atoms with Crippen LogP contribution in [-0.2, 0) is 14.8 Å². The highest BCUT2D eigenvalue weighted by Gasteiger charge is 2.32. The minimum Gasteiger partial charge on any atom is -0.490 e. The molecule has 0 spiro atoms. The van der Waals surface area contributed by atoms with Crippen molar-refractivity contribution in [2.75, 3.05) is 26.3 Å². The minimum absolute atomic E-state index is 0.123. The number of hydrogen-bond donors (Lipinski definition) is 0. The highest BCUT2D eigenvalue weighted by atomic mass is 32.2. The molecule has 23 heavy (non-hydrogen) atoms. The van der Waals surface area contributed by atoms with Gasteiger partial charge in [0.2, 0.25) is 10.0 Å². The van der Waals surface area contributed by atoms with Gasteiger partial charge < -0.3 is 14.2 Å². The first kappa shape index (κ1) is 18.0. The van der Waals surface area contributed by atoms with E-state index in [0.29, 0.717) is 37.8 Å². The molecule has 2 rings (SSSR count). The molecule has 2 unspecified atom stereocenters. The van der Waals surface area contributed by atoms with Gasteiger partial charge in [0.15, 0.2) is 11.5 Å². The van der Waals surface area contributed by atoms with Crippen molar-refractivity contribution in [3.63, 3.8) is 0 Å². The molecule has 1 fully saturated rings. The molecule has 0 aromatic heterocycles. The second-order valence-electron chi connectivity index (χ2n) is 5.55. The van der Waals surface area contributed by atoms with E-state index in [2.05, 4.69) is 0 Å².